The van der Waals surface area contributed by atoms with Crippen LogP contribution < -0.4 is 0 Å². The van der Waals surface area contributed by atoms with Gasteiger partial charge in [-0.05, 0) is 22.3 Å². The molecule has 1 saturated heterocycles. The van der Waals surface area contributed by atoms with Gasteiger partial charge in [-0.15, -0.1) is 0 Å². The predicted octanol–water partition coefficient (Wildman–Crippen LogP) is 5.68. The van der Waals surface area contributed by atoms with E-state index in [2.05, 4.69) is 0 Å². The Labute approximate surface area is 236 Å². The van der Waals surface area contributed by atoms with Crippen LogP contribution in [0.4, 0.5) is 0 Å². The van der Waals surface area contributed by atoms with Crippen LogP contribution in [0.1, 0.15) is 22.3 Å². The molecule has 208 valence electrons. The minimum atomic E-state index is -1.73. The van der Waals surface area contributed by atoms with Crippen LogP contribution in [0.25, 0.3) is 0 Å². The quantitative estimate of drug-likeness (QED) is 0.222. The molecule has 1 aliphatic heterocycles. The predicted molar refractivity (Wildman–Crippen MR) is 152 cm³/mol. The summed E-state index contributed by atoms with van der Waals surface area (Å²) >= 11 is 0. The Balaban J connectivity index is 1.33. The van der Waals surface area contributed by atoms with E-state index in [0.29, 0.717) is 26.4 Å². The normalized spacial score (nSPS) is 22.4. The molecule has 4 aromatic rings. The van der Waals surface area contributed by atoms with Gasteiger partial charge in [0.15, 0.2) is 0 Å². The molecule has 0 aliphatic carbocycles. The summed E-state index contributed by atoms with van der Waals surface area (Å²) in [6.45, 7) is 1.53. The lowest BCUT2D eigenvalue weighted by atomic mass is 10.0. The lowest BCUT2D eigenvalue weighted by molar-refractivity contribution is -0.267. The Bertz CT molecular complexity index is 1250. The highest BCUT2D eigenvalue weighted by atomic mass is 16.7. The van der Waals surface area contributed by atoms with E-state index >= 15 is 0 Å². The fourth-order valence-electron chi connectivity index (χ4n) is 4.80. The number of ether oxygens (including phenoxy) is 5. The molecule has 0 unspecified atom stereocenters. The fraction of sp³-hybridized carbons (Fsp3) is 0.294. The molecule has 6 nitrogen and oxygen atoms in total. The SMILES string of the molecule is O[C@]1(COCc2ccccc2)O[C@H](COCc2ccccc2)[C@@H](OCc2ccccc2)[C@@H]1OCc1ccccc1. The maximum Gasteiger partial charge on any atom is 0.219 e. The molecule has 4 atom stereocenters. The lowest BCUT2D eigenvalue weighted by Crippen LogP contribution is -2.49. The molecule has 1 heterocycles. The summed E-state index contributed by atoms with van der Waals surface area (Å²) in [6, 6.07) is 39.6. The van der Waals surface area contributed by atoms with Crippen LogP contribution in [0, 0.1) is 0 Å². The van der Waals surface area contributed by atoms with Crippen molar-refractivity contribution in [3.05, 3.63) is 144 Å². The highest BCUT2D eigenvalue weighted by Gasteiger charge is 2.56. The first-order chi connectivity index (χ1) is 19.7. The molecule has 0 spiro atoms. The monoisotopic (exact) mass is 540 g/mol. The van der Waals surface area contributed by atoms with Gasteiger partial charge >= 0.3 is 0 Å². The fourth-order valence-corrected chi connectivity index (χ4v) is 4.80. The van der Waals surface area contributed by atoms with Gasteiger partial charge in [0, 0.05) is 0 Å². The number of hydrogen-bond acceptors (Lipinski definition) is 6. The first kappa shape index (κ1) is 28.2. The Hall–Kier alpha value is -3.36. The minimum Gasteiger partial charge on any atom is -0.374 e. The second-order valence-corrected chi connectivity index (χ2v) is 9.96. The van der Waals surface area contributed by atoms with Gasteiger partial charge in [0.2, 0.25) is 5.79 Å². The van der Waals surface area contributed by atoms with Gasteiger partial charge in [0.1, 0.15) is 24.9 Å². The van der Waals surface area contributed by atoms with Crippen LogP contribution in [0.3, 0.4) is 0 Å². The van der Waals surface area contributed by atoms with E-state index in [0.717, 1.165) is 22.3 Å². The van der Waals surface area contributed by atoms with Gasteiger partial charge in [-0.25, -0.2) is 0 Å². The van der Waals surface area contributed by atoms with Crippen molar-refractivity contribution >= 4 is 0 Å². The van der Waals surface area contributed by atoms with E-state index in [4.69, 9.17) is 23.7 Å². The zero-order chi connectivity index (χ0) is 27.5. The van der Waals surface area contributed by atoms with Crippen LogP contribution >= 0.6 is 0 Å². The van der Waals surface area contributed by atoms with Crippen LogP contribution in [-0.2, 0) is 50.1 Å². The molecule has 1 aliphatic rings. The average molecular weight is 541 g/mol. The smallest absolute Gasteiger partial charge is 0.219 e. The van der Waals surface area contributed by atoms with E-state index in [1.54, 1.807) is 0 Å². The number of hydrogen-bond donors (Lipinski definition) is 1. The van der Waals surface area contributed by atoms with Crippen molar-refractivity contribution in [2.24, 2.45) is 0 Å². The molecule has 0 bridgehead atoms. The molecule has 4 aromatic carbocycles. The average Bonchev–Trinajstić information content (AvgIpc) is 3.27. The molecule has 1 fully saturated rings. The molecule has 6 heteroatoms. The third kappa shape index (κ3) is 7.86. The standard InChI is InChI=1S/C34H36O6/c35-34(26-37-22-28-15-7-2-8-16-28)33(39-24-30-19-11-4-12-20-30)32(38-23-29-17-9-3-10-18-29)31(40-34)25-36-21-27-13-5-1-6-14-27/h1-20,31-33,35H,21-26H2/t31-,32-,33+,34-/m1/s1. The van der Waals surface area contributed by atoms with Crippen LogP contribution in [0.2, 0.25) is 0 Å². The van der Waals surface area contributed by atoms with Gasteiger partial charge in [-0.2, -0.15) is 0 Å². The lowest BCUT2D eigenvalue weighted by Gasteiger charge is -2.30. The van der Waals surface area contributed by atoms with Crippen LogP contribution in [0.15, 0.2) is 121 Å². The van der Waals surface area contributed by atoms with Gasteiger partial charge in [-0.3, -0.25) is 0 Å². The summed E-state index contributed by atoms with van der Waals surface area (Å²) in [6.07, 6.45) is -1.97. The van der Waals surface area contributed by atoms with E-state index in [1.165, 1.54) is 0 Å². The molecule has 0 saturated carbocycles. The number of rotatable bonds is 14. The largest absolute Gasteiger partial charge is 0.374 e. The van der Waals surface area contributed by atoms with Gasteiger partial charge in [0.25, 0.3) is 0 Å². The highest BCUT2D eigenvalue weighted by Crippen LogP contribution is 2.36. The van der Waals surface area contributed by atoms with E-state index in [9.17, 15) is 5.11 Å². The topological polar surface area (TPSA) is 66.4 Å². The zero-order valence-electron chi connectivity index (χ0n) is 22.5. The second-order valence-electron chi connectivity index (χ2n) is 9.96. The van der Waals surface area contributed by atoms with Crippen molar-refractivity contribution in [2.45, 2.75) is 50.5 Å². The van der Waals surface area contributed by atoms with Crippen LogP contribution in [-0.4, -0.2) is 42.4 Å². The maximum atomic E-state index is 11.9. The second kappa shape index (κ2) is 14.3. The Morgan fingerprint density at radius 3 is 1.48 bits per heavy atom. The Morgan fingerprint density at radius 1 is 0.550 bits per heavy atom. The van der Waals surface area contributed by atoms with Crippen LogP contribution in [0.5, 0.6) is 0 Å². The van der Waals surface area contributed by atoms with Gasteiger partial charge in [0.05, 0.1) is 33.0 Å². The summed E-state index contributed by atoms with van der Waals surface area (Å²) in [5, 5.41) is 11.9. The third-order valence-corrected chi connectivity index (χ3v) is 6.84. The van der Waals surface area contributed by atoms with Gasteiger partial charge in [-0.1, -0.05) is 121 Å². The van der Waals surface area contributed by atoms with Crippen molar-refractivity contribution in [3.63, 3.8) is 0 Å². The molecule has 5 rings (SSSR count). The summed E-state index contributed by atoms with van der Waals surface area (Å²) < 4.78 is 31.1. The highest BCUT2D eigenvalue weighted by molar-refractivity contribution is 5.16. The van der Waals surface area contributed by atoms with Crippen molar-refractivity contribution < 1.29 is 28.8 Å². The zero-order valence-corrected chi connectivity index (χ0v) is 22.5. The molecule has 0 amide bonds. The van der Waals surface area contributed by atoms with Crippen molar-refractivity contribution in [1.29, 1.82) is 0 Å². The van der Waals surface area contributed by atoms with Crippen molar-refractivity contribution in [2.75, 3.05) is 13.2 Å². The summed E-state index contributed by atoms with van der Waals surface area (Å²) in [4.78, 5) is 0. The molecule has 0 radical (unpaired) electrons. The molecular formula is C34H36O6. The number of aliphatic hydroxyl groups is 1. The Kier molecular flexibility index (Phi) is 10.1. The van der Waals surface area contributed by atoms with E-state index in [1.807, 2.05) is 121 Å². The molecular weight excluding hydrogens is 504 g/mol. The summed E-state index contributed by atoms with van der Waals surface area (Å²) in [5.41, 5.74) is 4.07. The van der Waals surface area contributed by atoms with Crippen molar-refractivity contribution in [1.82, 2.24) is 0 Å². The first-order valence-corrected chi connectivity index (χ1v) is 13.6. The van der Waals surface area contributed by atoms with Crippen molar-refractivity contribution in [3.8, 4) is 0 Å². The first-order valence-electron chi connectivity index (χ1n) is 13.6. The maximum absolute atomic E-state index is 11.9. The molecule has 1 N–H and O–H groups in total. The summed E-state index contributed by atoms with van der Waals surface area (Å²) in [7, 11) is 0. The summed E-state index contributed by atoms with van der Waals surface area (Å²) in [5.74, 6) is -1.73. The number of benzene rings is 4. The Morgan fingerprint density at radius 2 is 0.975 bits per heavy atom. The van der Waals surface area contributed by atoms with Gasteiger partial charge < -0.3 is 28.8 Å². The molecule has 40 heavy (non-hydrogen) atoms. The third-order valence-electron chi connectivity index (χ3n) is 6.84. The minimum absolute atomic E-state index is 0.0816. The van der Waals surface area contributed by atoms with E-state index < -0.39 is 24.1 Å². The van der Waals surface area contributed by atoms with E-state index in [-0.39, 0.29) is 13.2 Å². The molecule has 0 aromatic heterocycles.